The van der Waals surface area contributed by atoms with Crippen molar-refractivity contribution in [2.24, 2.45) is 0 Å². The van der Waals surface area contributed by atoms with Crippen molar-refractivity contribution < 1.29 is 22.7 Å². The first-order valence-corrected chi connectivity index (χ1v) is 8.33. The van der Waals surface area contributed by atoms with Crippen molar-refractivity contribution in [3.63, 3.8) is 0 Å². The van der Waals surface area contributed by atoms with Crippen LogP contribution in [0.25, 0.3) is 0 Å². The molecule has 0 bridgehead atoms. The Morgan fingerprint density at radius 2 is 2.00 bits per heavy atom. The fourth-order valence-electron chi connectivity index (χ4n) is 2.96. The van der Waals surface area contributed by atoms with Crippen molar-refractivity contribution in [2.75, 3.05) is 31.2 Å². The van der Waals surface area contributed by atoms with Crippen LogP contribution in [0.15, 0.2) is 18.2 Å². The smallest absolute Gasteiger partial charge is 0.378 e. The second-order valence-electron chi connectivity index (χ2n) is 6.03. The van der Waals surface area contributed by atoms with Gasteiger partial charge in [0.2, 0.25) is 0 Å². The lowest BCUT2D eigenvalue weighted by Gasteiger charge is -2.30. The molecule has 3 rings (SSSR count). The highest BCUT2D eigenvalue weighted by molar-refractivity contribution is 7.80. The minimum absolute atomic E-state index is 0.0242. The van der Waals surface area contributed by atoms with Crippen LogP contribution in [0, 0.1) is 0 Å². The molecule has 136 valence electrons. The fraction of sp³-hybridized carbons (Fsp3) is 0.500. The molecular formula is C16H18F3N3O2S. The molecule has 0 spiro atoms. The van der Waals surface area contributed by atoms with E-state index in [0.29, 0.717) is 32.0 Å². The number of carbonyl (C=O) groups excluding carboxylic acids is 1. The van der Waals surface area contributed by atoms with E-state index in [-0.39, 0.29) is 23.1 Å². The van der Waals surface area contributed by atoms with Gasteiger partial charge in [0, 0.05) is 18.8 Å². The number of halogens is 3. The third-order valence-electron chi connectivity index (χ3n) is 4.33. The molecular weight excluding hydrogens is 355 g/mol. The average molecular weight is 373 g/mol. The molecule has 2 saturated heterocycles. The molecule has 0 unspecified atom stereocenters. The van der Waals surface area contributed by atoms with Crippen molar-refractivity contribution in [1.29, 1.82) is 0 Å². The Balaban J connectivity index is 1.90. The van der Waals surface area contributed by atoms with Crippen LogP contribution in [0.3, 0.4) is 0 Å². The molecule has 9 heteroatoms. The quantitative estimate of drug-likeness (QED) is 0.823. The highest BCUT2D eigenvalue weighted by Gasteiger charge is 2.37. The summed E-state index contributed by atoms with van der Waals surface area (Å²) < 4.78 is 45.9. The zero-order valence-electron chi connectivity index (χ0n) is 13.6. The van der Waals surface area contributed by atoms with Crippen LogP contribution < -0.4 is 10.2 Å². The van der Waals surface area contributed by atoms with Gasteiger partial charge in [-0.15, -0.1) is 0 Å². The van der Waals surface area contributed by atoms with Crippen molar-refractivity contribution in [3.8, 4) is 0 Å². The second-order valence-corrected chi connectivity index (χ2v) is 6.42. The number of hydrogen-bond acceptors (Lipinski definition) is 4. The van der Waals surface area contributed by atoms with E-state index in [2.05, 4.69) is 5.32 Å². The number of rotatable bonds is 3. The van der Waals surface area contributed by atoms with E-state index in [0.717, 1.165) is 6.07 Å². The van der Waals surface area contributed by atoms with E-state index in [1.165, 1.54) is 11.0 Å². The number of morpholine rings is 1. The predicted octanol–water partition coefficient (Wildman–Crippen LogP) is 2.15. The number of nitrogens with zero attached hydrogens (tertiary/aromatic N) is 2. The highest BCUT2D eigenvalue weighted by atomic mass is 32.1. The molecule has 0 saturated carbocycles. The van der Waals surface area contributed by atoms with Crippen molar-refractivity contribution in [3.05, 3.63) is 29.3 Å². The highest BCUT2D eigenvalue weighted by Crippen LogP contribution is 2.35. The monoisotopic (exact) mass is 373 g/mol. The zero-order chi connectivity index (χ0) is 18.2. The van der Waals surface area contributed by atoms with Gasteiger partial charge < -0.3 is 15.0 Å². The van der Waals surface area contributed by atoms with Crippen LogP contribution in [0.2, 0.25) is 0 Å². The first kappa shape index (κ1) is 17.9. The van der Waals surface area contributed by atoms with E-state index < -0.39 is 17.8 Å². The van der Waals surface area contributed by atoms with Gasteiger partial charge in [-0.3, -0.25) is 9.69 Å². The Hall–Kier alpha value is -1.87. The minimum Gasteiger partial charge on any atom is -0.378 e. The molecule has 2 heterocycles. The Kier molecular flexibility index (Phi) is 4.88. The molecule has 0 aliphatic carbocycles. The van der Waals surface area contributed by atoms with Crippen LogP contribution in [-0.4, -0.2) is 48.3 Å². The van der Waals surface area contributed by atoms with E-state index in [4.69, 9.17) is 17.0 Å². The van der Waals surface area contributed by atoms with Gasteiger partial charge in [0.15, 0.2) is 5.11 Å². The summed E-state index contributed by atoms with van der Waals surface area (Å²) in [4.78, 5) is 15.1. The molecule has 1 aromatic rings. The van der Waals surface area contributed by atoms with Gasteiger partial charge in [0.25, 0.3) is 5.91 Å². The molecule has 1 amide bonds. The normalized spacial score (nSPS) is 21.7. The number of thiocarbonyl (C=S) groups is 1. The Morgan fingerprint density at radius 1 is 1.32 bits per heavy atom. The van der Waals surface area contributed by atoms with Crippen LogP contribution in [0.4, 0.5) is 18.9 Å². The number of amides is 1. The summed E-state index contributed by atoms with van der Waals surface area (Å²) in [6, 6.07) is 3.69. The number of benzene rings is 1. The second kappa shape index (κ2) is 6.80. The molecule has 1 aromatic carbocycles. The standard InChI is InChI=1S/C16H18F3N3O2S/c1-10-14(23)22(15(25)20-10)9-11-2-3-12(8-13(11)16(17,18)19)21-4-6-24-7-5-21/h2-3,8,10H,4-7,9H2,1H3,(H,20,25)/t10-/m0/s1. The van der Waals surface area contributed by atoms with Crippen molar-refractivity contribution in [1.82, 2.24) is 10.2 Å². The molecule has 2 aliphatic heterocycles. The molecule has 2 fully saturated rings. The van der Waals surface area contributed by atoms with E-state index in [9.17, 15) is 18.0 Å². The third kappa shape index (κ3) is 3.72. The fourth-order valence-corrected chi connectivity index (χ4v) is 3.29. The lowest BCUT2D eigenvalue weighted by Crippen LogP contribution is -2.36. The third-order valence-corrected chi connectivity index (χ3v) is 4.66. The summed E-state index contributed by atoms with van der Waals surface area (Å²) >= 11 is 5.05. The number of hydrogen-bond donors (Lipinski definition) is 1. The molecule has 2 aliphatic rings. The summed E-state index contributed by atoms with van der Waals surface area (Å²) in [6.07, 6.45) is -4.51. The Morgan fingerprint density at radius 3 is 2.56 bits per heavy atom. The Labute approximate surface area is 148 Å². The van der Waals surface area contributed by atoms with E-state index in [1.54, 1.807) is 13.0 Å². The van der Waals surface area contributed by atoms with Gasteiger partial charge >= 0.3 is 6.18 Å². The molecule has 5 nitrogen and oxygen atoms in total. The molecule has 0 radical (unpaired) electrons. The van der Waals surface area contributed by atoms with Crippen LogP contribution in [0.5, 0.6) is 0 Å². The summed E-state index contributed by atoms with van der Waals surface area (Å²) in [5.41, 5.74) is -0.219. The van der Waals surface area contributed by atoms with Crippen LogP contribution in [-0.2, 0) is 22.3 Å². The Bertz CT molecular complexity index is 690. The van der Waals surface area contributed by atoms with Gasteiger partial charge in [0.05, 0.1) is 25.3 Å². The van der Waals surface area contributed by atoms with Crippen LogP contribution in [0.1, 0.15) is 18.1 Å². The van der Waals surface area contributed by atoms with E-state index in [1.807, 2.05) is 4.90 Å². The summed E-state index contributed by atoms with van der Waals surface area (Å²) in [5.74, 6) is -0.324. The van der Waals surface area contributed by atoms with Crippen LogP contribution >= 0.6 is 12.2 Å². The average Bonchev–Trinajstić information content (AvgIpc) is 2.81. The summed E-state index contributed by atoms with van der Waals surface area (Å²) in [5, 5.41) is 2.92. The van der Waals surface area contributed by atoms with Gasteiger partial charge in [-0.05, 0) is 36.8 Å². The van der Waals surface area contributed by atoms with Gasteiger partial charge in [-0.1, -0.05) is 6.07 Å². The van der Waals surface area contributed by atoms with Gasteiger partial charge in [-0.2, -0.15) is 13.2 Å². The molecule has 0 aromatic heterocycles. The lowest BCUT2D eigenvalue weighted by molar-refractivity contribution is -0.139. The number of anilines is 1. The molecule has 25 heavy (non-hydrogen) atoms. The predicted molar refractivity (Wildman–Crippen MR) is 90.2 cm³/mol. The number of alkyl halides is 3. The number of carbonyl (C=O) groups is 1. The summed E-state index contributed by atoms with van der Waals surface area (Å²) in [6.45, 7) is 3.50. The van der Waals surface area contributed by atoms with E-state index >= 15 is 0 Å². The number of ether oxygens (including phenoxy) is 1. The first-order valence-electron chi connectivity index (χ1n) is 7.92. The SMILES string of the molecule is C[C@@H]1NC(=S)N(Cc2ccc(N3CCOCC3)cc2C(F)(F)F)C1=O. The van der Waals surface area contributed by atoms with Gasteiger partial charge in [-0.25, -0.2) is 0 Å². The topological polar surface area (TPSA) is 44.8 Å². The first-order chi connectivity index (χ1) is 11.8. The largest absolute Gasteiger partial charge is 0.416 e. The molecule has 1 atom stereocenters. The maximum Gasteiger partial charge on any atom is 0.416 e. The lowest BCUT2D eigenvalue weighted by atomic mass is 10.0. The maximum atomic E-state index is 13.5. The van der Waals surface area contributed by atoms with Crippen molar-refractivity contribution in [2.45, 2.75) is 25.7 Å². The minimum atomic E-state index is -4.51. The number of nitrogens with one attached hydrogen (secondary N) is 1. The van der Waals surface area contributed by atoms with Gasteiger partial charge in [0.1, 0.15) is 6.04 Å². The maximum absolute atomic E-state index is 13.5. The summed E-state index contributed by atoms with van der Waals surface area (Å²) in [7, 11) is 0. The zero-order valence-corrected chi connectivity index (χ0v) is 14.4. The van der Waals surface area contributed by atoms with Crippen molar-refractivity contribution >= 4 is 28.9 Å². The molecule has 1 N–H and O–H groups in total.